The first-order valence-corrected chi connectivity index (χ1v) is 13.4. The van der Waals surface area contributed by atoms with Crippen molar-refractivity contribution in [2.45, 2.75) is 65.8 Å². The van der Waals surface area contributed by atoms with Crippen molar-refractivity contribution in [3.05, 3.63) is 82.9 Å². The summed E-state index contributed by atoms with van der Waals surface area (Å²) in [6, 6.07) is 20.1. The highest BCUT2D eigenvalue weighted by Crippen LogP contribution is 2.33. The second kappa shape index (κ2) is 12.1. The number of oxime groups is 1. The standard InChI is InChI=1S/C30H32N2O2.C2H4O2/c1-3-32-28-16-13-22(27(31-34)15-12-21-9-5-6-10-21)18-25(28)26-19-23(14-17-29(26)32)30(33)24-11-7-4-8-20(24)2;1-2(3)4/h4,7-8,11,13-14,16-19,21,34H,3,5-6,9-10,12,15H2,1-2H3;1H3,(H,3,4). The Balaban J connectivity index is 0.000000786. The fourth-order valence-electron chi connectivity index (χ4n) is 5.64. The maximum absolute atomic E-state index is 13.3. The lowest BCUT2D eigenvalue weighted by Gasteiger charge is -2.10. The molecule has 2 N–H and O–H groups in total. The van der Waals surface area contributed by atoms with E-state index in [9.17, 15) is 10.0 Å². The molecule has 0 radical (unpaired) electrons. The number of hydrogen-bond acceptors (Lipinski definition) is 4. The average molecular weight is 513 g/mol. The molecule has 0 saturated heterocycles. The van der Waals surface area contributed by atoms with E-state index in [2.05, 4.69) is 40.9 Å². The monoisotopic (exact) mass is 512 g/mol. The molecule has 1 fully saturated rings. The number of carbonyl (C=O) groups is 2. The first kappa shape index (κ1) is 27.1. The molecule has 0 aliphatic heterocycles. The molecule has 1 aliphatic rings. The third kappa shape index (κ3) is 5.80. The number of carbonyl (C=O) groups excluding carboxylic acids is 1. The average Bonchev–Trinajstić information content (AvgIpc) is 3.54. The lowest BCUT2D eigenvalue weighted by Crippen LogP contribution is -2.05. The van der Waals surface area contributed by atoms with Crippen LogP contribution in [0.25, 0.3) is 21.8 Å². The van der Waals surface area contributed by atoms with Gasteiger partial charge in [0, 0.05) is 52.0 Å². The first-order chi connectivity index (χ1) is 18.3. The van der Waals surface area contributed by atoms with Gasteiger partial charge in [0.15, 0.2) is 5.78 Å². The molecular formula is C32H36N2O4. The molecule has 1 aliphatic carbocycles. The molecule has 0 atom stereocenters. The Morgan fingerprint density at radius 1 is 0.947 bits per heavy atom. The van der Waals surface area contributed by atoms with Crippen LogP contribution in [-0.4, -0.2) is 32.3 Å². The number of nitrogens with zero attached hydrogens (tertiary/aromatic N) is 2. The molecule has 1 aromatic heterocycles. The molecule has 0 spiro atoms. The van der Waals surface area contributed by atoms with Crippen LogP contribution in [0.5, 0.6) is 0 Å². The number of aliphatic carboxylic acids is 1. The molecule has 0 bridgehead atoms. The summed E-state index contributed by atoms with van der Waals surface area (Å²) in [5, 5.41) is 23.1. The maximum Gasteiger partial charge on any atom is 0.300 e. The van der Waals surface area contributed by atoms with Gasteiger partial charge in [-0.1, -0.05) is 61.2 Å². The lowest BCUT2D eigenvalue weighted by atomic mass is 9.95. The highest BCUT2D eigenvalue weighted by Gasteiger charge is 2.19. The van der Waals surface area contributed by atoms with Gasteiger partial charge in [-0.25, -0.2) is 0 Å². The molecule has 3 aromatic carbocycles. The van der Waals surface area contributed by atoms with Crippen LogP contribution < -0.4 is 0 Å². The van der Waals surface area contributed by atoms with Crippen LogP contribution in [-0.2, 0) is 11.3 Å². The number of benzene rings is 3. The van der Waals surface area contributed by atoms with E-state index in [1.54, 1.807) is 0 Å². The van der Waals surface area contributed by atoms with Gasteiger partial charge in [-0.05, 0) is 68.5 Å². The number of carboxylic acid groups (broad SMARTS) is 1. The summed E-state index contributed by atoms with van der Waals surface area (Å²) >= 11 is 0. The predicted octanol–water partition coefficient (Wildman–Crippen LogP) is 7.59. The van der Waals surface area contributed by atoms with Gasteiger partial charge >= 0.3 is 0 Å². The van der Waals surface area contributed by atoms with E-state index in [0.717, 1.165) is 76.4 Å². The topological polar surface area (TPSA) is 91.9 Å². The Kier molecular flexibility index (Phi) is 8.62. The van der Waals surface area contributed by atoms with Gasteiger partial charge in [0.25, 0.3) is 5.97 Å². The number of fused-ring (bicyclic) bond motifs is 3. The Morgan fingerprint density at radius 2 is 1.53 bits per heavy atom. The summed E-state index contributed by atoms with van der Waals surface area (Å²) in [4.78, 5) is 22.3. The number of carboxylic acids is 1. The molecule has 0 unspecified atom stereocenters. The first-order valence-electron chi connectivity index (χ1n) is 13.4. The van der Waals surface area contributed by atoms with Crippen molar-refractivity contribution in [1.29, 1.82) is 0 Å². The Hall–Kier alpha value is -3.93. The second-order valence-electron chi connectivity index (χ2n) is 10.1. The van der Waals surface area contributed by atoms with Crippen molar-refractivity contribution in [1.82, 2.24) is 4.57 Å². The molecular weight excluding hydrogens is 476 g/mol. The Bertz CT molecular complexity index is 1490. The van der Waals surface area contributed by atoms with E-state index >= 15 is 0 Å². The summed E-state index contributed by atoms with van der Waals surface area (Å²) < 4.78 is 2.28. The summed E-state index contributed by atoms with van der Waals surface area (Å²) in [5.74, 6) is -0.0415. The third-order valence-electron chi connectivity index (χ3n) is 7.55. The molecule has 4 aromatic rings. The van der Waals surface area contributed by atoms with Crippen molar-refractivity contribution in [3.63, 3.8) is 0 Å². The second-order valence-corrected chi connectivity index (χ2v) is 10.1. The van der Waals surface area contributed by atoms with Crippen LogP contribution in [0.15, 0.2) is 65.8 Å². The fraction of sp³-hybridized carbons (Fsp3) is 0.344. The molecule has 198 valence electrons. The van der Waals surface area contributed by atoms with Crippen molar-refractivity contribution >= 4 is 39.3 Å². The summed E-state index contributed by atoms with van der Waals surface area (Å²) in [7, 11) is 0. The number of aryl methyl sites for hydroxylation is 2. The normalized spacial score (nSPS) is 14.0. The molecule has 38 heavy (non-hydrogen) atoms. The number of hydrogen-bond donors (Lipinski definition) is 2. The highest BCUT2D eigenvalue weighted by atomic mass is 16.4. The number of ketones is 1. The van der Waals surface area contributed by atoms with E-state index in [-0.39, 0.29) is 5.78 Å². The van der Waals surface area contributed by atoms with Crippen LogP contribution >= 0.6 is 0 Å². The van der Waals surface area contributed by atoms with E-state index < -0.39 is 5.97 Å². The van der Waals surface area contributed by atoms with Crippen molar-refractivity contribution in [2.75, 3.05) is 0 Å². The minimum Gasteiger partial charge on any atom is -0.481 e. The van der Waals surface area contributed by atoms with Crippen LogP contribution in [0.4, 0.5) is 0 Å². The van der Waals surface area contributed by atoms with Crippen molar-refractivity contribution < 1.29 is 19.9 Å². The van der Waals surface area contributed by atoms with Gasteiger partial charge in [0.05, 0.1) is 5.71 Å². The van der Waals surface area contributed by atoms with E-state index in [0.29, 0.717) is 5.56 Å². The Labute approximate surface area is 223 Å². The van der Waals surface area contributed by atoms with Crippen LogP contribution in [0.2, 0.25) is 0 Å². The maximum atomic E-state index is 13.3. The lowest BCUT2D eigenvalue weighted by molar-refractivity contribution is -0.134. The van der Waals surface area contributed by atoms with E-state index in [1.165, 1.54) is 25.7 Å². The molecule has 1 heterocycles. The zero-order valence-electron chi connectivity index (χ0n) is 22.4. The van der Waals surface area contributed by atoms with Gasteiger partial charge in [-0.15, -0.1) is 0 Å². The highest BCUT2D eigenvalue weighted by molar-refractivity contribution is 6.16. The minimum atomic E-state index is -0.833. The molecule has 1 saturated carbocycles. The smallest absolute Gasteiger partial charge is 0.300 e. The van der Waals surface area contributed by atoms with E-state index in [4.69, 9.17) is 9.90 Å². The molecule has 0 amide bonds. The molecule has 5 rings (SSSR count). The van der Waals surface area contributed by atoms with Crippen molar-refractivity contribution in [2.24, 2.45) is 11.1 Å². The van der Waals surface area contributed by atoms with Gasteiger partial charge in [-0.2, -0.15) is 0 Å². The van der Waals surface area contributed by atoms with Gasteiger partial charge in [0.1, 0.15) is 0 Å². The van der Waals surface area contributed by atoms with Crippen LogP contribution in [0.1, 0.15) is 79.4 Å². The number of aromatic nitrogens is 1. The van der Waals surface area contributed by atoms with Gasteiger partial charge < -0.3 is 14.9 Å². The van der Waals surface area contributed by atoms with Gasteiger partial charge in [0.2, 0.25) is 0 Å². The third-order valence-corrected chi connectivity index (χ3v) is 7.55. The molecule has 6 heteroatoms. The predicted molar refractivity (Wildman–Crippen MR) is 153 cm³/mol. The van der Waals surface area contributed by atoms with Crippen molar-refractivity contribution in [3.8, 4) is 0 Å². The quantitative estimate of drug-likeness (QED) is 0.115. The minimum absolute atomic E-state index is 0.0442. The van der Waals surface area contributed by atoms with E-state index in [1.807, 2.05) is 43.3 Å². The van der Waals surface area contributed by atoms with Gasteiger partial charge in [-0.3, -0.25) is 9.59 Å². The molecule has 6 nitrogen and oxygen atoms in total. The fourth-order valence-corrected chi connectivity index (χ4v) is 5.64. The largest absolute Gasteiger partial charge is 0.481 e. The Morgan fingerprint density at radius 3 is 2.11 bits per heavy atom. The summed E-state index contributed by atoms with van der Waals surface area (Å²) in [6.45, 7) is 6.04. The zero-order valence-corrected chi connectivity index (χ0v) is 22.4. The van der Waals surface area contributed by atoms with Crippen LogP contribution in [0.3, 0.4) is 0 Å². The zero-order chi connectivity index (χ0) is 27.2. The SMILES string of the molecule is CC(=O)O.CCn1c2ccc(C(=O)c3ccccc3C)cc2c2cc(C(CCC3CCCC3)=NO)ccc21. The van der Waals surface area contributed by atoms with Crippen LogP contribution in [0, 0.1) is 12.8 Å². The summed E-state index contributed by atoms with van der Waals surface area (Å²) in [5.41, 5.74) is 6.37. The number of rotatable bonds is 7. The summed E-state index contributed by atoms with van der Waals surface area (Å²) in [6.07, 6.45) is 7.09.